The Balaban J connectivity index is 2.94. The predicted octanol–water partition coefficient (Wildman–Crippen LogP) is 0.264. The number of rotatable bonds is 4. The SMILES string of the molecule is N[C@@H](Cc1ccc(O)cc1P=O)C(=O)O. The van der Waals surface area contributed by atoms with Gasteiger partial charge in [0.05, 0.1) is 0 Å². The maximum absolute atomic E-state index is 10.7. The maximum atomic E-state index is 10.7. The van der Waals surface area contributed by atoms with Gasteiger partial charge in [0.25, 0.3) is 0 Å². The summed E-state index contributed by atoms with van der Waals surface area (Å²) in [7, 11) is -0.268. The molecule has 0 saturated heterocycles. The molecule has 0 aliphatic rings. The molecule has 1 aromatic carbocycles. The van der Waals surface area contributed by atoms with Crippen molar-refractivity contribution in [1.29, 1.82) is 0 Å². The molecule has 0 heterocycles. The molecule has 15 heavy (non-hydrogen) atoms. The minimum atomic E-state index is -1.11. The second-order valence-electron chi connectivity index (χ2n) is 3.05. The molecular formula is C9H10NO4P. The topological polar surface area (TPSA) is 101 Å². The Kier molecular flexibility index (Phi) is 3.77. The third kappa shape index (κ3) is 3.01. The van der Waals surface area contributed by atoms with Crippen LogP contribution in [-0.2, 0) is 15.8 Å². The first-order chi connectivity index (χ1) is 7.04. The van der Waals surface area contributed by atoms with E-state index in [0.29, 0.717) is 10.9 Å². The summed E-state index contributed by atoms with van der Waals surface area (Å²) < 4.78 is 10.7. The molecule has 0 bridgehead atoms. The number of aliphatic carboxylic acids is 1. The predicted molar refractivity (Wildman–Crippen MR) is 54.7 cm³/mol. The molecule has 0 spiro atoms. The number of carboxylic acids is 1. The van der Waals surface area contributed by atoms with E-state index in [4.69, 9.17) is 15.9 Å². The molecule has 5 nitrogen and oxygen atoms in total. The monoisotopic (exact) mass is 227 g/mol. The van der Waals surface area contributed by atoms with Crippen molar-refractivity contribution in [3.8, 4) is 5.75 Å². The lowest BCUT2D eigenvalue weighted by molar-refractivity contribution is -0.138. The van der Waals surface area contributed by atoms with Crippen LogP contribution in [0.2, 0.25) is 0 Å². The number of hydrogen-bond acceptors (Lipinski definition) is 4. The Morgan fingerprint density at radius 2 is 2.20 bits per heavy atom. The Morgan fingerprint density at radius 3 is 2.73 bits per heavy atom. The first-order valence-electron chi connectivity index (χ1n) is 4.18. The van der Waals surface area contributed by atoms with Gasteiger partial charge in [-0.2, -0.15) is 0 Å². The second kappa shape index (κ2) is 4.87. The average molecular weight is 227 g/mol. The summed E-state index contributed by atoms with van der Waals surface area (Å²) in [5.74, 6) is -1.13. The lowest BCUT2D eigenvalue weighted by Crippen LogP contribution is -2.33. The number of benzene rings is 1. The van der Waals surface area contributed by atoms with Crippen molar-refractivity contribution in [3.05, 3.63) is 23.8 Å². The van der Waals surface area contributed by atoms with E-state index in [2.05, 4.69) is 0 Å². The molecule has 0 fully saturated rings. The quantitative estimate of drug-likeness (QED) is 0.640. The van der Waals surface area contributed by atoms with Gasteiger partial charge in [-0.25, -0.2) is 0 Å². The molecule has 4 N–H and O–H groups in total. The highest BCUT2D eigenvalue weighted by Crippen LogP contribution is 2.13. The summed E-state index contributed by atoms with van der Waals surface area (Å²) in [6.45, 7) is 0. The fourth-order valence-electron chi connectivity index (χ4n) is 1.13. The molecule has 1 rings (SSSR count). The number of carboxylic acid groups (broad SMARTS) is 1. The van der Waals surface area contributed by atoms with Crippen molar-refractivity contribution in [2.24, 2.45) is 5.73 Å². The zero-order valence-corrected chi connectivity index (χ0v) is 8.65. The number of phenols is 1. The van der Waals surface area contributed by atoms with E-state index >= 15 is 0 Å². The summed E-state index contributed by atoms with van der Waals surface area (Å²) in [5, 5.41) is 18.1. The van der Waals surface area contributed by atoms with Gasteiger partial charge in [0.1, 0.15) is 11.8 Å². The number of hydrogen-bond donors (Lipinski definition) is 3. The van der Waals surface area contributed by atoms with Gasteiger partial charge in [0.2, 0.25) is 0 Å². The number of phenolic OH excluding ortho intramolecular Hbond substituents is 1. The van der Waals surface area contributed by atoms with Gasteiger partial charge in [0, 0.05) is 5.30 Å². The average Bonchev–Trinajstić information content (AvgIpc) is 2.20. The second-order valence-corrected chi connectivity index (χ2v) is 3.72. The van der Waals surface area contributed by atoms with E-state index in [9.17, 15) is 9.36 Å². The third-order valence-electron chi connectivity index (χ3n) is 1.92. The molecule has 1 atom stereocenters. The van der Waals surface area contributed by atoms with Gasteiger partial charge in [-0.05, 0) is 24.1 Å². The van der Waals surface area contributed by atoms with E-state index in [0.717, 1.165) is 0 Å². The van der Waals surface area contributed by atoms with Crippen LogP contribution in [0.3, 0.4) is 0 Å². The molecule has 1 aromatic rings. The van der Waals surface area contributed by atoms with Gasteiger partial charge >= 0.3 is 5.97 Å². The number of carbonyl (C=O) groups is 1. The van der Waals surface area contributed by atoms with Crippen LogP contribution in [0.4, 0.5) is 0 Å². The Hall–Kier alpha value is -1.45. The van der Waals surface area contributed by atoms with E-state index in [-0.39, 0.29) is 20.6 Å². The molecule has 0 aliphatic heterocycles. The number of nitrogens with two attached hydrogens (primary N) is 1. The summed E-state index contributed by atoms with van der Waals surface area (Å²) in [6, 6.07) is 3.20. The Morgan fingerprint density at radius 1 is 1.53 bits per heavy atom. The van der Waals surface area contributed by atoms with Gasteiger partial charge in [-0.15, -0.1) is 0 Å². The van der Waals surface area contributed by atoms with Crippen LogP contribution in [0, 0.1) is 0 Å². The van der Waals surface area contributed by atoms with E-state index in [1.54, 1.807) is 0 Å². The minimum Gasteiger partial charge on any atom is -0.508 e. The zero-order chi connectivity index (χ0) is 11.4. The van der Waals surface area contributed by atoms with Gasteiger partial charge < -0.3 is 15.9 Å². The highest BCUT2D eigenvalue weighted by atomic mass is 31.1. The van der Waals surface area contributed by atoms with Crippen LogP contribution in [0.1, 0.15) is 5.56 Å². The van der Waals surface area contributed by atoms with Crippen LogP contribution in [0.15, 0.2) is 18.2 Å². The molecule has 0 aliphatic carbocycles. The summed E-state index contributed by atoms with van der Waals surface area (Å²) in [6.07, 6.45) is 0.0835. The van der Waals surface area contributed by atoms with Crippen molar-refractivity contribution in [2.75, 3.05) is 0 Å². The van der Waals surface area contributed by atoms with Gasteiger partial charge in [-0.1, -0.05) is 6.07 Å². The molecule has 80 valence electrons. The molecule has 0 unspecified atom stereocenters. The zero-order valence-electron chi connectivity index (χ0n) is 7.75. The van der Waals surface area contributed by atoms with Crippen molar-refractivity contribution < 1.29 is 19.6 Å². The van der Waals surface area contributed by atoms with E-state index in [1.807, 2.05) is 0 Å². The standard InChI is InChI=1S/C9H10NO4P/c10-7(9(12)13)3-5-1-2-6(11)4-8(5)15-14/h1-2,4,7,11H,3,10H2,(H,12,13)/t7-/m0/s1. The normalized spacial score (nSPS) is 12.6. The number of aromatic hydroxyl groups is 1. The molecule has 0 amide bonds. The third-order valence-corrected chi connectivity index (χ3v) is 2.54. The van der Waals surface area contributed by atoms with Crippen molar-refractivity contribution >= 4 is 19.7 Å². The summed E-state index contributed by atoms with van der Waals surface area (Å²) in [5.41, 5.74) is 5.90. The smallest absolute Gasteiger partial charge is 0.320 e. The largest absolute Gasteiger partial charge is 0.508 e. The Bertz CT molecular complexity index is 394. The Labute approximate surface area is 87.7 Å². The molecular weight excluding hydrogens is 217 g/mol. The van der Waals surface area contributed by atoms with Crippen LogP contribution in [0.5, 0.6) is 5.75 Å². The van der Waals surface area contributed by atoms with Crippen molar-refractivity contribution in [2.45, 2.75) is 12.5 Å². The van der Waals surface area contributed by atoms with Crippen molar-refractivity contribution in [1.82, 2.24) is 0 Å². The van der Waals surface area contributed by atoms with Crippen LogP contribution < -0.4 is 11.0 Å². The summed E-state index contributed by atoms with van der Waals surface area (Å²) in [4.78, 5) is 10.5. The van der Waals surface area contributed by atoms with E-state index in [1.165, 1.54) is 18.2 Å². The van der Waals surface area contributed by atoms with Gasteiger partial charge in [0.15, 0.2) is 8.46 Å². The fraction of sp³-hybridized carbons (Fsp3) is 0.222. The molecule has 0 radical (unpaired) electrons. The van der Waals surface area contributed by atoms with Crippen LogP contribution >= 0.6 is 8.46 Å². The maximum Gasteiger partial charge on any atom is 0.320 e. The summed E-state index contributed by atoms with van der Waals surface area (Å²) >= 11 is 0. The van der Waals surface area contributed by atoms with Crippen molar-refractivity contribution in [3.63, 3.8) is 0 Å². The van der Waals surface area contributed by atoms with E-state index < -0.39 is 12.0 Å². The highest BCUT2D eigenvalue weighted by molar-refractivity contribution is 7.34. The minimum absolute atomic E-state index is 0.0130. The first-order valence-corrected chi connectivity index (χ1v) is 4.99. The first kappa shape index (κ1) is 11.6. The molecule has 6 heteroatoms. The van der Waals surface area contributed by atoms with Crippen LogP contribution in [-0.4, -0.2) is 22.2 Å². The lowest BCUT2D eigenvalue weighted by Gasteiger charge is -2.08. The van der Waals surface area contributed by atoms with Gasteiger partial charge in [-0.3, -0.25) is 9.36 Å². The molecule has 0 aromatic heterocycles. The fourth-order valence-corrected chi connectivity index (χ4v) is 1.60. The lowest BCUT2D eigenvalue weighted by atomic mass is 10.1. The van der Waals surface area contributed by atoms with Crippen LogP contribution in [0.25, 0.3) is 0 Å². The molecule has 0 saturated carbocycles. The highest BCUT2D eigenvalue weighted by Gasteiger charge is 2.14.